The second-order valence-corrected chi connectivity index (χ2v) is 7.05. The van der Waals surface area contributed by atoms with Gasteiger partial charge in [0.15, 0.2) is 4.80 Å². The molecule has 0 aliphatic heterocycles. The van der Waals surface area contributed by atoms with Gasteiger partial charge in [0, 0.05) is 10.5 Å². The highest BCUT2D eigenvalue weighted by atomic mass is 32.2. The number of nitrogens with zero attached hydrogens (tertiary/aromatic N) is 2. The molecule has 0 spiro atoms. The molecule has 0 atom stereocenters. The minimum Gasteiger partial charge on any atom is -0.468 e. The number of ether oxygens (including phenoxy) is 1. The molecule has 2 aromatic carbocycles. The second kappa shape index (κ2) is 7.67. The molecule has 7 heteroatoms. The largest absolute Gasteiger partial charge is 0.468 e. The van der Waals surface area contributed by atoms with Crippen molar-refractivity contribution in [2.75, 3.05) is 13.4 Å². The van der Waals surface area contributed by atoms with Gasteiger partial charge in [-0.15, -0.1) is 11.8 Å². The predicted molar refractivity (Wildman–Crippen MR) is 99.9 cm³/mol. The molecular weight excluding hydrogens is 356 g/mol. The van der Waals surface area contributed by atoms with Crippen molar-refractivity contribution in [3.05, 3.63) is 58.9 Å². The zero-order valence-corrected chi connectivity index (χ0v) is 15.4. The van der Waals surface area contributed by atoms with Gasteiger partial charge in [0.1, 0.15) is 6.54 Å². The van der Waals surface area contributed by atoms with Crippen LogP contribution in [0.1, 0.15) is 10.4 Å². The first-order chi connectivity index (χ1) is 12.1. The SMILES string of the molecule is COC(=O)Cn1c(=NC(=O)c2cccc(SC)c2)sc2ccccc21. The summed E-state index contributed by atoms with van der Waals surface area (Å²) in [5.41, 5.74) is 1.37. The lowest BCUT2D eigenvalue weighted by Gasteiger charge is -2.03. The first-order valence-electron chi connectivity index (χ1n) is 7.50. The lowest BCUT2D eigenvalue weighted by atomic mass is 10.2. The number of hydrogen-bond donors (Lipinski definition) is 0. The molecule has 1 amide bonds. The topological polar surface area (TPSA) is 60.7 Å². The smallest absolute Gasteiger partial charge is 0.325 e. The number of benzene rings is 2. The third kappa shape index (κ3) is 3.83. The number of hydrogen-bond acceptors (Lipinski definition) is 5. The number of methoxy groups -OCH3 is 1. The van der Waals surface area contributed by atoms with Crippen LogP contribution in [0, 0.1) is 0 Å². The van der Waals surface area contributed by atoms with E-state index in [0.29, 0.717) is 10.4 Å². The maximum absolute atomic E-state index is 12.6. The van der Waals surface area contributed by atoms with Crippen molar-refractivity contribution in [1.29, 1.82) is 0 Å². The van der Waals surface area contributed by atoms with Crippen molar-refractivity contribution >= 4 is 45.2 Å². The van der Waals surface area contributed by atoms with Gasteiger partial charge in [-0.1, -0.05) is 29.5 Å². The van der Waals surface area contributed by atoms with Gasteiger partial charge in [0.05, 0.1) is 17.3 Å². The minimum absolute atomic E-state index is 0.0114. The van der Waals surface area contributed by atoms with Gasteiger partial charge in [0.25, 0.3) is 5.91 Å². The number of aromatic nitrogens is 1. The Bertz CT molecular complexity index is 1000. The van der Waals surface area contributed by atoms with Crippen molar-refractivity contribution in [3.63, 3.8) is 0 Å². The molecule has 0 saturated heterocycles. The van der Waals surface area contributed by atoms with Crippen LogP contribution in [0.5, 0.6) is 0 Å². The molecule has 0 aliphatic rings. The lowest BCUT2D eigenvalue weighted by Crippen LogP contribution is -2.22. The van der Waals surface area contributed by atoms with Crippen LogP contribution in [-0.2, 0) is 16.1 Å². The molecule has 1 aromatic heterocycles. The Hall–Kier alpha value is -2.38. The van der Waals surface area contributed by atoms with Crippen molar-refractivity contribution in [2.24, 2.45) is 4.99 Å². The van der Waals surface area contributed by atoms with E-state index in [1.807, 2.05) is 48.7 Å². The normalized spacial score (nSPS) is 11.7. The third-order valence-corrected chi connectivity index (χ3v) is 5.40. The van der Waals surface area contributed by atoms with Gasteiger partial charge >= 0.3 is 5.97 Å². The van der Waals surface area contributed by atoms with Gasteiger partial charge < -0.3 is 9.30 Å². The van der Waals surface area contributed by atoms with Crippen LogP contribution in [0.3, 0.4) is 0 Å². The summed E-state index contributed by atoms with van der Waals surface area (Å²) in [5, 5.41) is 0. The monoisotopic (exact) mass is 372 g/mol. The van der Waals surface area contributed by atoms with Gasteiger partial charge in [-0.2, -0.15) is 4.99 Å². The predicted octanol–water partition coefficient (Wildman–Crippen LogP) is 3.34. The highest BCUT2D eigenvalue weighted by Gasteiger charge is 2.12. The molecule has 0 radical (unpaired) electrons. The molecule has 0 saturated carbocycles. The molecule has 0 bridgehead atoms. The zero-order valence-electron chi connectivity index (χ0n) is 13.8. The highest BCUT2D eigenvalue weighted by Crippen LogP contribution is 2.18. The number of carbonyl (C=O) groups is 2. The van der Waals surface area contributed by atoms with Crippen LogP contribution in [0.15, 0.2) is 58.4 Å². The fraction of sp³-hybridized carbons (Fsp3) is 0.167. The fourth-order valence-corrected chi connectivity index (χ4v) is 3.85. The van der Waals surface area contributed by atoms with Gasteiger partial charge in [-0.05, 0) is 36.6 Å². The highest BCUT2D eigenvalue weighted by molar-refractivity contribution is 7.98. The quantitative estimate of drug-likeness (QED) is 0.521. The van der Waals surface area contributed by atoms with Crippen molar-refractivity contribution in [3.8, 4) is 0 Å². The molecule has 3 aromatic rings. The van der Waals surface area contributed by atoms with E-state index in [1.54, 1.807) is 22.4 Å². The van der Waals surface area contributed by atoms with E-state index in [4.69, 9.17) is 4.74 Å². The number of carbonyl (C=O) groups excluding carboxylic acids is 2. The first kappa shape index (κ1) is 17.4. The van der Waals surface area contributed by atoms with E-state index < -0.39 is 0 Å². The lowest BCUT2D eigenvalue weighted by molar-refractivity contribution is -0.141. The maximum Gasteiger partial charge on any atom is 0.325 e. The number of esters is 1. The van der Waals surface area contributed by atoms with E-state index in [9.17, 15) is 9.59 Å². The molecular formula is C18H16N2O3S2. The van der Waals surface area contributed by atoms with Gasteiger partial charge in [-0.25, -0.2) is 0 Å². The molecule has 5 nitrogen and oxygen atoms in total. The van der Waals surface area contributed by atoms with Crippen LogP contribution in [0.4, 0.5) is 0 Å². The summed E-state index contributed by atoms with van der Waals surface area (Å²) >= 11 is 2.94. The molecule has 0 unspecified atom stereocenters. The van der Waals surface area contributed by atoms with Crippen LogP contribution in [-0.4, -0.2) is 29.8 Å². The molecule has 0 fully saturated rings. The average Bonchev–Trinajstić information content (AvgIpc) is 2.98. The number of rotatable bonds is 4. The molecule has 0 N–H and O–H groups in total. The van der Waals surface area contributed by atoms with E-state index >= 15 is 0 Å². The maximum atomic E-state index is 12.6. The summed E-state index contributed by atoms with van der Waals surface area (Å²) < 4.78 is 7.43. The Morgan fingerprint density at radius 2 is 2.00 bits per heavy atom. The summed E-state index contributed by atoms with van der Waals surface area (Å²) in [5.74, 6) is -0.720. The summed E-state index contributed by atoms with van der Waals surface area (Å²) in [4.78, 5) is 30.0. The van der Waals surface area contributed by atoms with Crippen molar-refractivity contribution in [1.82, 2.24) is 4.57 Å². The number of thiazole rings is 1. The molecule has 1 heterocycles. The molecule has 0 aliphatic carbocycles. The minimum atomic E-state index is -0.387. The fourth-order valence-electron chi connectivity index (χ4n) is 2.36. The van der Waals surface area contributed by atoms with E-state index in [0.717, 1.165) is 15.1 Å². The molecule has 3 rings (SSSR count). The van der Waals surface area contributed by atoms with Crippen LogP contribution in [0.2, 0.25) is 0 Å². The van der Waals surface area contributed by atoms with E-state index in [2.05, 4.69) is 4.99 Å². The van der Waals surface area contributed by atoms with Crippen molar-refractivity contribution < 1.29 is 14.3 Å². The average molecular weight is 372 g/mol. The standard InChI is InChI=1S/C18H16N2O3S2/c1-23-16(21)11-20-14-8-3-4-9-15(14)25-18(20)19-17(22)12-6-5-7-13(10-12)24-2/h3-10H,11H2,1-2H3. The Balaban J connectivity index is 2.09. The van der Waals surface area contributed by atoms with E-state index in [1.165, 1.54) is 18.4 Å². The number of fused-ring (bicyclic) bond motifs is 1. The Kier molecular flexibility index (Phi) is 5.35. The van der Waals surface area contributed by atoms with E-state index in [-0.39, 0.29) is 18.4 Å². The first-order valence-corrected chi connectivity index (χ1v) is 9.55. The number of para-hydroxylation sites is 1. The van der Waals surface area contributed by atoms with Crippen LogP contribution < -0.4 is 4.80 Å². The zero-order chi connectivity index (χ0) is 17.8. The molecule has 128 valence electrons. The van der Waals surface area contributed by atoms with Gasteiger partial charge in [-0.3, -0.25) is 9.59 Å². The van der Waals surface area contributed by atoms with Crippen LogP contribution >= 0.6 is 23.1 Å². The Morgan fingerprint density at radius 3 is 2.76 bits per heavy atom. The summed E-state index contributed by atoms with van der Waals surface area (Å²) in [6.07, 6.45) is 1.96. The Morgan fingerprint density at radius 1 is 1.20 bits per heavy atom. The number of thioether (sulfide) groups is 1. The Labute approximate surface area is 153 Å². The number of amides is 1. The summed E-state index contributed by atoms with van der Waals surface area (Å²) in [7, 11) is 1.34. The molecule has 25 heavy (non-hydrogen) atoms. The summed E-state index contributed by atoms with van der Waals surface area (Å²) in [6.45, 7) is 0.0114. The summed E-state index contributed by atoms with van der Waals surface area (Å²) in [6, 6.07) is 15.0. The van der Waals surface area contributed by atoms with Crippen molar-refractivity contribution in [2.45, 2.75) is 11.4 Å². The third-order valence-electron chi connectivity index (χ3n) is 3.62. The van der Waals surface area contributed by atoms with Crippen LogP contribution in [0.25, 0.3) is 10.2 Å². The second-order valence-electron chi connectivity index (χ2n) is 5.16. The van der Waals surface area contributed by atoms with Gasteiger partial charge in [0.2, 0.25) is 0 Å².